The molecule has 2 bridgehead atoms. The van der Waals surface area contributed by atoms with Crippen LogP contribution in [0.5, 0.6) is 5.75 Å². The van der Waals surface area contributed by atoms with Crippen LogP contribution in [0.4, 0.5) is 10.1 Å². The highest BCUT2D eigenvalue weighted by Crippen LogP contribution is 2.46. The molecule has 2 aromatic rings. The second kappa shape index (κ2) is 15.3. The number of ether oxygens (including phenoxy) is 3. The molecule has 274 valence electrons. The zero-order valence-electron chi connectivity index (χ0n) is 29.2. The van der Waals surface area contributed by atoms with E-state index in [0.29, 0.717) is 61.9 Å². The first kappa shape index (κ1) is 35.9. The summed E-state index contributed by atoms with van der Waals surface area (Å²) in [6.45, 7) is 7.49. The van der Waals surface area contributed by atoms with E-state index >= 15 is 0 Å². The second-order valence-corrected chi connectivity index (χ2v) is 17.8. The number of amides is 1. The number of halogens is 2. The number of fused-ring (bicyclic) bond motifs is 3. The molecule has 50 heavy (non-hydrogen) atoms. The first-order valence-corrected chi connectivity index (χ1v) is 20.4. The summed E-state index contributed by atoms with van der Waals surface area (Å²) in [5.74, 6) is 0.813. The highest BCUT2D eigenvalue weighted by molar-refractivity contribution is 7.90. The zero-order chi connectivity index (χ0) is 35.0. The Hall–Kier alpha value is -2.44. The highest BCUT2D eigenvalue weighted by Gasteiger charge is 2.45. The van der Waals surface area contributed by atoms with E-state index in [2.05, 4.69) is 14.5 Å². The molecule has 0 radical (unpaired) electrons. The van der Waals surface area contributed by atoms with E-state index in [1.807, 2.05) is 25.1 Å². The summed E-state index contributed by atoms with van der Waals surface area (Å²) in [6, 6.07) is 11.3. The summed E-state index contributed by atoms with van der Waals surface area (Å²) < 4.78 is 62.3. The Balaban J connectivity index is 1.19. The summed E-state index contributed by atoms with van der Waals surface area (Å²) >= 11 is 6.37. The Labute approximate surface area is 301 Å². The number of sulfonamides is 1. The fourth-order valence-electron chi connectivity index (χ4n) is 8.52. The minimum Gasteiger partial charge on any atom is -0.487 e. The standard InChI is InChI=1S/C38H51ClFN3O6S/c1-24-6-5-8-34(38-48-22-32(23-49-38)43-19-31(40)20-43)33-13-10-28(33)18-42-15-4-3-7-26-16-30(39)12-9-29(26)21-47-36-14-11-27(17-35(36)42)37(44)41-50(45,46)25(24)2/h9,11-12,14,16-17,24-25,28,31-34,38H,3-8,10,13,15,18-23H2,1-2H3,(H,41,44)/t24-,25+,28-,32?,33+,34+,38?/m0/s1. The van der Waals surface area contributed by atoms with Gasteiger partial charge in [-0.2, -0.15) is 0 Å². The Morgan fingerprint density at radius 3 is 2.44 bits per heavy atom. The van der Waals surface area contributed by atoms with Crippen molar-refractivity contribution in [2.75, 3.05) is 44.3 Å². The topological polar surface area (TPSA) is 97.4 Å². The molecule has 1 aliphatic carbocycles. The third-order valence-corrected chi connectivity index (χ3v) is 14.2. The fraction of sp³-hybridized carbons (Fsp3) is 0.658. The number of nitrogens with one attached hydrogen (secondary N) is 1. The molecule has 7 rings (SSSR count). The number of benzene rings is 2. The van der Waals surface area contributed by atoms with Crippen molar-refractivity contribution in [1.82, 2.24) is 9.62 Å². The fourth-order valence-corrected chi connectivity index (χ4v) is 10.0. The molecule has 12 heteroatoms. The van der Waals surface area contributed by atoms with Crippen LogP contribution in [0.1, 0.15) is 80.3 Å². The van der Waals surface area contributed by atoms with Gasteiger partial charge >= 0.3 is 0 Å². The molecule has 0 spiro atoms. The van der Waals surface area contributed by atoms with Crippen LogP contribution in [0.2, 0.25) is 5.02 Å². The van der Waals surface area contributed by atoms with Gasteiger partial charge in [-0.25, -0.2) is 17.5 Å². The largest absolute Gasteiger partial charge is 0.487 e. The average molecular weight is 732 g/mol. The van der Waals surface area contributed by atoms with E-state index in [-0.39, 0.29) is 29.7 Å². The van der Waals surface area contributed by atoms with Gasteiger partial charge in [0.2, 0.25) is 10.0 Å². The molecule has 3 fully saturated rings. The number of nitrogens with zero attached hydrogens (tertiary/aromatic N) is 2. The van der Waals surface area contributed by atoms with Gasteiger partial charge < -0.3 is 19.1 Å². The number of carbonyl (C=O) groups excluding carboxylic acids is 1. The number of hydrogen-bond acceptors (Lipinski definition) is 8. The van der Waals surface area contributed by atoms with Crippen molar-refractivity contribution in [3.8, 4) is 5.75 Å². The molecular weight excluding hydrogens is 681 g/mol. The van der Waals surface area contributed by atoms with E-state index < -0.39 is 27.4 Å². The van der Waals surface area contributed by atoms with E-state index in [4.69, 9.17) is 25.8 Å². The van der Waals surface area contributed by atoms with Crippen molar-refractivity contribution < 1.29 is 31.8 Å². The minimum absolute atomic E-state index is 0.0777. The molecule has 2 saturated heterocycles. The maximum absolute atomic E-state index is 13.6. The van der Waals surface area contributed by atoms with Gasteiger partial charge in [0.05, 0.1) is 30.2 Å². The van der Waals surface area contributed by atoms with Gasteiger partial charge in [0.1, 0.15) is 18.5 Å². The smallest absolute Gasteiger partial charge is 0.264 e. The van der Waals surface area contributed by atoms with Crippen LogP contribution in [0.15, 0.2) is 36.4 Å². The molecule has 2 aromatic carbocycles. The predicted octanol–water partition coefficient (Wildman–Crippen LogP) is 6.37. The summed E-state index contributed by atoms with van der Waals surface area (Å²) in [5, 5.41) is -0.0401. The lowest BCUT2D eigenvalue weighted by Crippen LogP contribution is -2.59. The monoisotopic (exact) mass is 731 g/mol. The number of anilines is 1. The quantitative estimate of drug-likeness (QED) is 0.381. The average Bonchev–Trinajstić information content (AvgIpc) is 3.10. The number of likely N-dealkylation sites (tertiary alicyclic amines) is 1. The van der Waals surface area contributed by atoms with Crippen LogP contribution in [0.3, 0.4) is 0 Å². The predicted molar refractivity (Wildman–Crippen MR) is 192 cm³/mol. The first-order chi connectivity index (χ1) is 24.1. The summed E-state index contributed by atoms with van der Waals surface area (Å²) in [4.78, 5) is 18.0. The number of alkyl halides is 1. The van der Waals surface area contributed by atoms with Gasteiger partial charge in [-0.05, 0) is 111 Å². The van der Waals surface area contributed by atoms with Crippen LogP contribution in [-0.4, -0.2) is 82.4 Å². The van der Waals surface area contributed by atoms with E-state index in [0.717, 1.165) is 69.3 Å². The number of aryl methyl sites for hydroxylation is 1. The number of rotatable bonds is 2. The Bertz CT molecular complexity index is 1630. The SMILES string of the molecule is C[C@@H]1[C@@H](C)CCC[C@@H](C2OCC(N3CC(F)C3)CO2)[C@@H]2CC[C@H]2CN2CCCCc3cc(Cl)ccc3COc3ccc(cc32)C(=O)NS1(=O)=O. The summed E-state index contributed by atoms with van der Waals surface area (Å²) in [5.41, 5.74) is 3.35. The molecule has 5 atom stereocenters. The molecule has 5 aliphatic rings. The molecule has 9 nitrogen and oxygen atoms in total. The molecule has 1 amide bonds. The van der Waals surface area contributed by atoms with Crippen LogP contribution in [0.25, 0.3) is 0 Å². The molecule has 0 aromatic heterocycles. The van der Waals surface area contributed by atoms with Gasteiger partial charge in [0, 0.05) is 42.7 Å². The van der Waals surface area contributed by atoms with Gasteiger partial charge in [-0.3, -0.25) is 9.69 Å². The van der Waals surface area contributed by atoms with Crippen molar-refractivity contribution >= 4 is 33.2 Å². The second-order valence-electron chi connectivity index (χ2n) is 15.3. The summed E-state index contributed by atoms with van der Waals surface area (Å²) in [7, 11) is -3.93. The molecular formula is C38H51ClFN3O6S. The highest BCUT2D eigenvalue weighted by atomic mass is 35.5. The van der Waals surface area contributed by atoms with Gasteiger partial charge in [-0.15, -0.1) is 0 Å². The van der Waals surface area contributed by atoms with Crippen molar-refractivity contribution in [2.45, 2.75) is 95.6 Å². The van der Waals surface area contributed by atoms with E-state index in [1.165, 1.54) is 5.56 Å². The molecule has 4 aliphatic heterocycles. The molecule has 1 N–H and O–H groups in total. The Morgan fingerprint density at radius 1 is 0.900 bits per heavy atom. The molecule has 1 saturated carbocycles. The lowest BCUT2D eigenvalue weighted by Gasteiger charge is -2.49. The van der Waals surface area contributed by atoms with Crippen molar-refractivity contribution in [3.05, 3.63) is 58.1 Å². The third kappa shape index (κ3) is 7.82. The lowest BCUT2D eigenvalue weighted by molar-refractivity contribution is -0.249. The zero-order valence-corrected chi connectivity index (χ0v) is 30.8. The van der Waals surface area contributed by atoms with E-state index in [1.54, 1.807) is 25.1 Å². The Morgan fingerprint density at radius 2 is 1.70 bits per heavy atom. The number of hydrogen-bond donors (Lipinski definition) is 1. The molecule has 0 unspecified atom stereocenters. The van der Waals surface area contributed by atoms with Crippen molar-refractivity contribution in [3.63, 3.8) is 0 Å². The third-order valence-electron chi connectivity index (χ3n) is 12.1. The van der Waals surface area contributed by atoms with Gasteiger partial charge in [-0.1, -0.05) is 31.0 Å². The van der Waals surface area contributed by atoms with Crippen LogP contribution < -0.4 is 14.4 Å². The maximum atomic E-state index is 13.6. The minimum atomic E-state index is -3.93. The summed E-state index contributed by atoms with van der Waals surface area (Å²) in [6.07, 6.45) is 6.25. The first-order valence-electron chi connectivity index (χ1n) is 18.5. The van der Waals surface area contributed by atoms with E-state index in [9.17, 15) is 17.6 Å². The maximum Gasteiger partial charge on any atom is 0.264 e. The van der Waals surface area contributed by atoms with Crippen molar-refractivity contribution in [2.24, 2.45) is 23.7 Å². The number of carbonyl (C=O) groups is 1. The van der Waals surface area contributed by atoms with Crippen molar-refractivity contribution in [1.29, 1.82) is 0 Å². The van der Waals surface area contributed by atoms with Crippen LogP contribution in [-0.2, 0) is 32.5 Å². The lowest BCUT2D eigenvalue weighted by atomic mass is 9.65. The van der Waals surface area contributed by atoms with Crippen LogP contribution in [0, 0.1) is 23.7 Å². The van der Waals surface area contributed by atoms with Crippen LogP contribution >= 0.6 is 11.6 Å². The normalized spacial score (nSPS) is 32.9. The van der Waals surface area contributed by atoms with Gasteiger partial charge in [0.15, 0.2) is 6.29 Å². The molecule has 4 heterocycles. The van der Waals surface area contributed by atoms with Gasteiger partial charge in [0.25, 0.3) is 5.91 Å². The Kier molecular flexibility index (Phi) is 11.0.